The molecule has 0 radical (unpaired) electrons. The van der Waals surface area contributed by atoms with E-state index in [0.717, 1.165) is 9.13 Å². The lowest BCUT2D eigenvalue weighted by molar-refractivity contribution is -0.712. The SMILES string of the molecule is CC(C)OC(=O)C(c1c(O)n(C)c(=O)n(C)c1=O)C(C(=O)OC(C)C)[n+]1ccccc1. The first-order valence-electron chi connectivity index (χ1n) is 9.83. The Morgan fingerprint density at radius 1 is 0.903 bits per heavy atom. The van der Waals surface area contributed by atoms with Gasteiger partial charge in [-0.25, -0.2) is 9.59 Å². The third kappa shape index (κ3) is 5.01. The van der Waals surface area contributed by atoms with Gasteiger partial charge in [-0.05, 0) is 27.7 Å². The van der Waals surface area contributed by atoms with Crippen molar-refractivity contribution < 1.29 is 28.7 Å². The number of hydrogen-bond donors (Lipinski definition) is 1. The number of esters is 2. The van der Waals surface area contributed by atoms with Crippen molar-refractivity contribution in [1.29, 1.82) is 0 Å². The lowest BCUT2D eigenvalue weighted by Gasteiger charge is -2.23. The summed E-state index contributed by atoms with van der Waals surface area (Å²) in [4.78, 5) is 51.5. The largest absolute Gasteiger partial charge is 0.494 e. The second kappa shape index (κ2) is 9.59. The lowest BCUT2D eigenvalue weighted by atomic mass is 9.91. The number of carbonyl (C=O) groups excluding carboxylic acids is 2. The van der Waals surface area contributed by atoms with E-state index in [9.17, 15) is 24.3 Å². The van der Waals surface area contributed by atoms with Crippen LogP contribution < -0.4 is 15.8 Å². The Kier molecular flexibility index (Phi) is 7.37. The van der Waals surface area contributed by atoms with Gasteiger partial charge in [0.1, 0.15) is 0 Å². The maximum atomic E-state index is 13.2. The molecule has 31 heavy (non-hydrogen) atoms. The molecule has 0 aliphatic carbocycles. The summed E-state index contributed by atoms with van der Waals surface area (Å²) in [7, 11) is 2.47. The fraction of sp³-hybridized carbons (Fsp3) is 0.476. The lowest BCUT2D eigenvalue weighted by Crippen LogP contribution is -2.52. The van der Waals surface area contributed by atoms with E-state index in [1.54, 1.807) is 45.9 Å². The summed E-state index contributed by atoms with van der Waals surface area (Å²) in [5, 5.41) is 10.7. The Morgan fingerprint density at radius 2 is 1.42 bits per heavy atom. The molecule has 2 aromatic rings. The second-order valence-corrected chi connectivity index (χ2v) is 7.66. The van der Waals surface area contributed by atoms with Crippen LogP contribution in [0.25, 0.3) is 0 Å². The predicted octanol–water partition coefficient (Wildman–Crippen LogP) is 0.305. The first-order chi connectivity index (χ1) is 14.5. The van der Waals surface area contributed by atoms with Crippen molar-refractivity contribution in [2.75, 3.05) is 0 Å². The normalized spacial score (nSPS) is 13.2. The number of rotatable bonds is 7. The Balaban J connectivity index is 2.87. The van der Waals surface area contributed by atoms with Crippen molar-refractivity contribution in [2.45, 2.75) is 51.9 Å². The third-order valence-electron chi connectivity index (χ3n) is 4.55. The van der Waals surface area contributed by atoms with E-state index in [4.69, 9.17) is 9.47 Å². The quantitative estimate of drug-likeness (QED) is 0.492. The molecule has 2 unspecified atom stereocenters. The monoisotopic (exact) mass is 434 g/mol. The first-order valence-corrected chi connectivity index (χ1v) is 9.83. The van der Waals surface area contributed by atoms with Gasteiger partial charge in [-0.1, -0.05) is 6.07 Å². The van der Waals surface area contributed by atoms with Crippen LogP contribution in [0.1, 0.15) is 45.2 Å². The van der Waals surface area contributed by atoms with Crippen LogP contribution in [-0.2, 0) is 33.2 Å². The minimum atomic E-state index is -1.58. The molecule has 168 valence electrons. The highest BCUT2D eigenvalue weighted by Crippen LogP contribution is 2.31. The molecule has 10 nitrogen and oxygen atoms in total. The molecule has 10 heteroatoms. The van der Waals surface area contributed by atoms with Crippen molar-refractivity contribution in [3.63, 3.8) is 0 Å². The van der Waals surface area contributed by atoms with E-state index in [2.05, 4.69) is 0 Å². The van der Waals surface area contributed by atoms with Crippen molar-refractivity contribution in [3.05, 3.63) is 57.0 Å². The second-order valence-electron chi connectivity index (χ2n) is 7.66. The van der Waals surface area contributed by atoms with Gasteiger partial charge in [-0.3, -0.25) is 18.7 Å². The molecular weight excluding hydrogens is 406 g/mol. The molecule has 2 rings (SSSR count). The average molecular weight is 434 g/mol. The molecule has 0 aliphatic heterocycles. The summed E-state index contributed by atoms with van der Waals surface area (Å²) in [6.45, 7) is 6.53. The van der Waals surface area contributed by atoms with Crippen LogP contribution in [0.15, 0.2) is 40.2 Å². The standard InChI is InChI=1S/C21H27N3O7/c1-12(2)30-19(27)14(15-17(25)22(5)21(29)23(6)18(15)26)16(20(28)31-13(3)4)24-10-8-7-9-11-24/h7-14,16H,1-6H3/p+1. The number of ether oxygens (including phenoxy) is 2. The Morgan fingerprint density at radius 3 is 1.94 bits per heavy atom. The van der Waals surface area contributed by atoms with Crippen molar-refractivity contribution in [2.24, 2.45) is 14.1 Å². The molecule has 0 fully saturated rings. The summed E-state index contributed by atoms with van der Waals surface area (Å²) in [5.74, 6) is -4.01. The molecule has 0 saturated heterocycles. The summed E-state index contributed by atoms with van der Waals surface area (Å²) in [6.07, 6.45) is 2.00. The van der Waals surface area contributed by atoms with Crippen LogP contribution in [0.4, 0.5) is 0 Å². The molecule has 0 aliphatic rings. The zero-order chi connectivity index (χ0) is 23.5. The Bertz CT molecular complexity index is 1070. The summed E-state index contributed by atoms with van der Waals surface area (Å²) >= 11 is 0. The zero-order valence-corrected chi connectivity index (χ0v) is 18.4. The molecule has 0 aromatic carbocycles. The molecule has 0 spiro atoms. The Hall–Kier alpha value is -3.43. The van der Waals surface area contributed by atoms with Gasteiger partial charge in [0, 0.05) is 26.2 Å². The van der Waals surface area contributed by atoms with Gasteiger partial charge in [0.25, 0.3) is 11.6 Å². The van der Waals surface area contributed by atoms with Crippen molar-refractivity contribution >= 4 is 11.9 Å². The number of hydrogen-bond acceptors (Lipinski definition) is 7. The van der Waals surface area contributed by atoms with E-state index in [1.807, 2.05) is 0 Å². The third-order valence-corrected chi connectivity index (χ3v) is 4.55. The minimum Gasteiger partial charge on any atom is -0.494 e. The van der Waals surface area contributed by atoms with E-state index >= 15 is 0 Å². The number of nitrogens with zero attached hydrogens (tertiary/aromatic N) is 3. The van der Waals surface area contributed by atoms with E-state index < -0.39 is 58.8 Å². The van der Waals surface area contributed by atoms with Crippen LogP contribution in [0.3, 0.4) is 0 Å². The topological polar surface area (TPSA) is 121 Å². The van der Waals surface area contributed by atoms with Crippen LogP contribution in [0.2, 0.25) is 0 Å². The number of pyridine rings is 1. The Labute approximate surface area is 179 Å². The average Bonchev–Trinajstić information content (AvgIpc) is 2.69. The number of aromatic nitrogens is 3. The molecule has 0 saturated carbocycles. The number of carbonyl (C=O) groups is 2. The van der Waals surface area contributed by atoms with Gasteiger partial charge in [0.05, 0.1) is 17.8 Å². The first kappa shape index (κ1) is 23.8. The zero-order valence-electron chi connectivity index (χ0n) is 18.4. The van der Waals surface area contributed by atoms with Gasteiger partial charge in [-0.2, -0.15) is 4.57 Å². The molecule has 0 bridgehead atoms. The number of aromatic hydroxyl groups is 1. The molecule has 0 amide bonds. The summed E-state index contributed by atoms with van der Waals surface area (Å²) in [5.41, 5.74) is -2.13. The van der Waals surface area contributed by atoms with Gasteiger partial charge in [0.15, 0.2) is 18.3 Å². The molecular formula is C21H28N3O7+. The van der Waals surface area contributed by atoms with Crippen molar-refractivity contribution in [3.8, 4) is 5.88 Å². The van der Waals surface area contributed by atoms with Crippen LogP contribution in [0.5, 0.6) is 5.88 Å². The molecule has 2 aromatic heterocycles. The van der Waals surface area contributed by atoms with E-state index in [1.165, 1.54) is 31.1 Å². The molecule has 2 heterocycles. The highest BCUT2D eigenvalue weighted by atomic mass is 16.6. The highest BCUT2D eigenvalue weighted by Gasteiger charge is 2.48. The summed E-state index contributed by atoms with van der Waals surface area (Å²) < 4.78 is 13.7. The fourth-order valence-electron chi connectivity index (χ4n) is 3.17. The molecule has 1 N–H and O–H groups in total. The van der Waals surface area contributed by atoms with Gasteiger partial charge in [-0.15, -0.1) is 0 Å². The van der Waals surface area contributed by atoms with Gasteiger partial charge >= 0.3 is 17.6 Å². The van der Waals surface area contributed by atoms with Crippen molar-refractivity contribution in [1.82, 2.24) is 9.13 Å². The minimum absolute atomic E-state index is 0.433. The fourth-order valence-corrected chi connectivity index (χ4v) is 3.17. The smallest absolute Gasteiger partial charge is 0.377 e. The van der Waals surface area contributed by atoms with E-state index in [-0.39, 0.29) is 0 Å². The predicted molar refractivity (Wildman–Crippen MR) is 109 cm³/mol. The molecule has 2 atom stereocenters. The van der Waals surface area contributed by atoms with Gasteiger partial charge < -0.3 is 14.6 Å². The highest BCUT2D eigenvalue weighted by molar-refractivity contribution is 5.87. The summed E-state index contributed by atoms with van der Waals surface area (Å²) in [6, 6.07) is 3.62. The van der Waals surface area contributed by atoms with Crippen LogP contribution in [-0.4, -0.2) is 38.4 Å². The van der Waals surface area contributed by atoms with E-state index in [0.29, 0.717) is 0 Å². The maximum absolute atomic E-state index is 13.2. The van der Waals surface area contributed by atoms with Crippen LogP contribution in [0, 0.1) is 0 Å². The maximum Gasteiger partial charge on any atom is 0.377 e. The van der Waals surface area contributed by atoms with Gasteiger partial charge in [0.2, 0.25) is 5.88 Å². The van der Waals surface area contributed by atoms with Crippen LogP contribution >= 0.6 is 0 Å².